The van der Waals surface area contributed by atoms with E-state index < -0.39 is 10.0 Å². The van der Waals surface area contributed by atoms with Gasteiger partial charge in [0.2, 0.25) is 10.0 Å². The number of para-hydroxylation sites is 1. The molecule has 0 atom stereocenters. The van der Waals surface area contributed by atoms with E-state index in [0.717, 1.165) is 5.56 Å². The van der Waals surface area contributed by atoms with Crippen LogP contribution in [0.15, 0.2) is 53.4 Å². The second kappa shape index (κ2) is 10.9. The number of sulfonamides is 1. The van der Waals surface area contributed by atoms with Crippen molar-refractivity contribution in [3.63, 3.8) is 0 Å². The molecule has 2 aromatic carbocycles. The maximum atomic E-state index is 13.1. The highest BCUT2D eigenvalue weighted by atomic mass is 32.2. The Balaban J connectivity index is 1.63. The molecule has 1 saturated heterocycles. The number of carbonyl (C=O) groups is 1. The van der Waals surface area contributed by atoms with Gasteiger partial charge in [0.15, 0.2) is 0 Å². The molecular weight excluding hydrogens is 428 g/mol. The molecular formula is C24H32N2O5S. The third kappa shape index (κ3) is 5.68. The van der Waals surface area contributed by atoms with Gasteiger partial charge in [-0.15, -0.1) is 0 Å². The molecule has 0 saturated carbocycles. The summed E-state index contributed by atoms with van der Waals surface area (Å²) in [4.78, 5) is 15.0. The van der Waals surface area contributed by atoms with E-state index >= 15 is 0 Å². The van der Waals surface area contributed by atoms with Crippen LogP contribution in [-0.4, -0.2) is 69.5 Å². The zero-order chi connectivity index (χ0) is 23.1. The average molecular weight is 461 g/mol. The van der Waals surface area contributed by atoms with Crippen LogP contribution in [0, 0.1) is 0 Å². The summed E-state index contributed by atoms with van der Waals surface area (Å²) in [6.45, 7) is 8.65. The van der Waals surface area contributed by atoms with Gasteiger partial charge in [-0.05, 0) is 42.7 Å². The van der Waals surface area contributed by atoms with Crippen molar-refractivity contribution >= 4 is 15.9 Å². The maximum absolute atomic E-state index is 13.1. The van der Waals surface area contributed by atoms with E-state index in [2.05, 4.69) is 13.8 Å². The predicted molar refractivity (Wildman–Crippen MR) is 124 cm³/mol. The lowest BCUT2D eigenvalue weighted by atomic mass is 10.0. The topological polar surface area (TPSA) is 76.2 Å². The van der Waals surface area contributed by atoms with Crippen molar-refractivity contribution in [1.82, 2.24) is 9.21 Å². The van der Waals surface area contributed by atoms with Crippen molar-refractivity contribution in [2.45, 2.75) is 31.6 Å². The fraction of sp³-hybridized carbons (Fsp3) is 0.458. The largest absolute Gasteiger partial charge is 0.490 e. The van der Waals surface area contributed by atoms with Crippen molar-refractivity contribution in [3.05, 3.63) is 59.7 Å². The zero-order valence-corrected chi connectivity index (χ0v) is 19.8. The summed E-state index contributed by atoms with van der Waals surface area (Å²) in [5.74, 6) is 0.695. The normalized spacial score (nSPS) is 15.2. The Bertz CT molecular complexity index is 997. The molecule has 1 amide bonds. The number of amides is 1. The molecule has 0 aromatic heterocycles. The fourth-order valence-corrected chi connectivity index (χ4v) is 5.02. The van der Waals surface area contributed by atoms with Gasteiger partial charge in [0, 0.05) is 32.8 Å². The Morgan fingerprint density at radius 2 is 1.62 bits per heavy atom. The van der Waals surface area contributed by atoms with Gasteiger partial charge in [0.1, 0.15) is 12.4 Å². The first-order valence-electron chi connectivity index (χ1n) is 11.0. The maximum Gasteiger partial charge on any atom is 0.257 e. The summed E-state index contributed by atoms with van der Waals surface area (Å²) in [5.41, 5.74) is 1.58. The van der Waals surface area contributed by atoms with Gasteiger partial charge in [-0.2, -0.15) is 4.31 Å². The molecule has 0 radical (unpaired) electrons. The van der Waals surface area contributed by atoms with Crippen molar-refractivity contribution in [2.24, 2.45) is 0 Å². The first-order chi connectivity index (χ1) is 15.3. The van der Waals surface area contributed by atoms with E-state index in [9.17, 15) is 13.2 Å². The molecule has 0 bridgehead atoms. The number of nitrogens with zero attached hydrogens (tertiary/aromatic N) is 2. The van der Waals surface area contributed by atoms with Crippen LogP contribution in [-0.2, 0) is 14.8 Å². The average Bonchev–Trinajstić information content (AvgIpc) is 2.82. The first-order valence-corrected chi connectivity index (χ1v) is 12.5. The number of hydrogen-bond acceptors (Lipinski definition) is 5. The molecule has 1 fully saturated rings. The molecule has 8 heteroatoms. The van der Waals surface area contributed by atoms with Crippen molar-refractivity contribution in [2.75, 3.05) is 46.0 Å². The van der Waals surface area contributed by atoms with Gasteiger partial charge in [0.05, 0.1) is 17.1 Å². The second-order valence-corrected chi connectivity index (χ2v) is 9.90. The molecule has 174 valence electrons. The van der Waals surface area contributed by atoms with Crippen LogP contribution in [0.1, 0.15) is 42.6 Å². The molecule has 2 aromatic rings. The van der Waals surface area contributed by atoms with Crippen LogP contribution in [0.2, 0.25) is 0 Å². The van der Waals surface area contributed by atoms with E-state index in [0.29, 0.717) is 50.1 Å². The molecule has 7 nitrogen and oxygen atoms in total. The standard InChI is InChI=1S/C24H32N2O5S/c1-4-30-17-18-31-23-8-6-5-7-22(23)24(27)25-13-15-26(16-14-25)32(28,29)21-11-9-20(10-12-21)19(2)3/h5-12,19H,4,13-18H2,1-3H3. The third-order valence-corrected chi connectivity index (χ3v) is 7.43. The van der Waals surface area contributed by atoms with E-state index in [-0.39, 0.29) is 23.9 Å². The lowest BCUT2D eigenvalue weighted by molar-refractivity contribution is 0.0688. The number of rotatable bonds is 9. The minimum Gasteiger partial charge on any atom is -0.490 e. The second-order valence-electron chi connectivity index (χ2n) is 7.96. The Labute approximate surface area is 191 Å². The van der Waals surface area contributed by atoms with Crippen molar-refractivity contribution in [3.8, 4) is 5.75 Å². The summed E-state index contributed by atoms with van der Waals surface area (Å²) in [6.07, 6.45) is 0. The molecule has 1 aliphatic heterocycles. The minimum atomic E-state index is -3.59. The molecule has 1 aliphatic rings. The SMILES string of the molecule is CCOCCOc1ccccc1C(=O)N1CCN(S(=O)(=O)c2ccc(C(C)C)cc2)CC1. The molecule has 0 unspecified atom stereocenters. The van der Waals surface area contributed by atoms with Gasteiger partial charge in [-0.25, -0.2) is 8.42 Å². The van der Waals surface area contributed by atoms with Crippen LogP contribution in [0.5, 0.6) is 5.75 Å². The monoisotopic (exact) mass is 460 g/mol. The van der Waals surface area contributed by atoms with Crippen LogP contribution in [0.3, 0.4) is 0 Å². The van der Waals surface area contributed by atoms with Crippen molar-refractivity contribution in [1.29, 1.82) is 0 Å². The third-order valence-electron chi connectivity index (χ3n) is 5.52. The van der Waals surface area contributed by atoms with Crippen LogP contribution in [0.4, 0.5) is 0 Å². The number of hydrogen-bond donors (Lipinski definition) is 0. The van der Waals surface area contributed by atoms with Gasteiger partial charge in [0.25, 0.3) is 5.91 Å². The van der Waals surface area contributed by atoms with Crippen LogP contribution < -0.4 is 4.74 Å². The quantitative estimate of drug-likeness (QED) is 0.537. The van der Waals surface area contributed by atoms with E-state index in [1.54, 1.807) is 35.2 Å². The highest BCUT2D eigenvalue weighted by Gasteiger charge is 2.31. The summed E-state index contributed by atoms with van der Waals surface area (Å²) in [5, 5.41) is 0. The zero-order valence-electron chi connectivity index (χ0n) is 19.0. The Hall–Kier alpha value is -2.42. The lowest BCUT2D eigenvalue weighted by Crippen LogP contribution is -2.50. The van der Waals surface area contributed by atoms with Crippen LogP contribution >= 0.6 is 0 Å². The van der Waals surface area contributed by atoms with Gasteiger partial charge < -0.3 is 14.4 Å². The number of carbonyl (C=O) groups excluding carboxylic acids is 1. The molecule has 3 rings (SSSR count). The number of ether oxygens (including phenoxy) is 2. The molecule has 1 heterocycles. The smallest absolute Gasteiger partial charge is 0.257 e. The van der Waals surface area contributed by atoms with Gasteiger partial charge in [-0.3, -0.25) is 4.79 Å². The van der Waals surface area contributed by atoms with Crippen LogP contribution in [0.25, 0.3) is 0 Å². The Morgan fingerprint density at radius 3 is 2.25 bits per heavy atom. The summed E-state index contributed by atoms with van der Waals surface area (Å²) < 4.78 is 38.5. The molecule has 0 aliphatic carbocycles. The Kier molecular flexibility index (Phi) is 8.28. The van der Waals surface area contributed by atoms with Gasteiger partial charge >= 0.3 is 0 Å². The van der Waals surface area contributed by atoms with Gasteiger partial charge in [-0.1, -0.05) is 38.1 Å². The summed E-state index contributed by atoms with van der Waals surface area (Å²) in [6, 6.07) is 14.2. The molecule has 32 heavy (non-hydrogen) atoms. The number of piperazine rings is 1. The van der Waals surface area contributed by atoms with Crippen molar-refractivity contribution < 1.29 is 22.7 Å². The predicted octanol–water partition coefficient (Wildman–Crippen LogP) is 3.37. The first kappa shape index (κ1) is 24.2. The molecule has 0 N–H and O–H groups in total. The summed E-state index contributed by atoms with van der Waals surface area (Å²) in [7, 11) is -3.59. The Morgan fingerprint density at radius 1 is 0.969 bits per heavy atom. The fourth-order valence-electron chi connectivity index (χ4n) is 3.60. The highest BCUT2D eigenvalue weighted by molar-refractivity contribution is 7.89. The van der Waals surface area contributed by atoms with E-state index in [1.165, 1.54) is 4.31 Å². The van der Waals surface area contributed by atoms with E-state index in [1.807, 2.05) is 25.1 Å². The number of benzene rings is 2. The lowest BCUT2D eigenvalue weighted by Gasteiger charge is -2.34. The summed E-state index contributed by atoms with van der Waals surface area (Å²) >= 11 is 0. The highest BCUT2D eigenvalue weighted by Crippen LogP contribution is 2.24. The van der Waals surface area contributed by atoms with E-state index in [4.69, 9.17) is 9.47 Å². The minimum absolute atomic E-state index is 0.157. The molecule has 0 spiro atoms.